The van der Waals surface area contributed by atoms with Crippen molar-refractivity contribution in [1.29, 1.82) is 0 Å². The van der Waals surface area contributed by atoms with Crippen LogP contribution in [0.15, 0.2) is 9.59 Å². The van der Waals surface area contributed by atoms with Gasteiger partial charge in [-0.05, 0) is 18.8 Å². The highest BCUT2D eigenvalue weighted by atomic mass is 16.3. The van der Waals surface area contributed by atoms with Crippen LogP contribution in [0.5, 0.6) is 0 Å². The number of hydrogen-bond donors (Lipinski definition) is 3. The van der Waals surface area contributed by atoms with E-state index in [0.29, 0.717) is 13.0 Å². The highest BCUT2D eigenvalue weighted by Gasteiger charge is 2.11. The summed E-state index contributed by atoms with van der Waals surface area (Å²) in [5.41, 5.74) is -0.835. The zero-order valence-corrected chi connectivity index (χ0v) is 8.82. The van der Waals surface area contributed by atoms with E-state index in [-0.39, 0.29) is 12.5 Å². The van der Waals surface area contributed by atoms with Crippen molar-refractivity contribution in [3.05, 3.63) is 21.0 Å². The molecule has 86 valence electrons. The smallest absolute Gasteiger partial charge is 0.344 e. The van der Waals surface area contributed by atoms with Crippen LogP contribution < -0.4 is 11.4 Å². The fraction of sp³-hybridized carbons (Fsp3) is 0.778. The SMILES string of the molecule is CCCC(CCO)Cn1c(=O)[nH][nH]c1=O. The van der Waals surface area contributed by atoms with E-state index in [2.05, 4.69) is 10.2 Å². The molecular formula is C9H17N3O3. The Morgan fingerprint density at radius 1 is 1.27 bits per heavy atom. The summed E-state index contributed by atoms with van der Waals surface area (Å²) in [4.78, 5) is 22.4. The molecule has 0 radical (unpaired) electrons. The summed E-state index contributed by atoms with van der Waals surface area (Å²) in [5, 5.41) is 13.3. The van der Waals surface area contributed by atoms with Crippen molar-refractivity contribution in [2.45, 2.75) is 32.7 Å². The Balaban J connectivity index is 2.73. The third-order valence-corrected chi connectivity index (χ3v) is 2.44. The monoisotopic (exact) mass is 215 g/mol. The molecule has 0 aliphatic rings. The van der Waals surface area contributed by atoms with Crippen LogP contribution in [0.4, 0.5) is 0 Å². The third-order valence-electron chi connectivity index (χ3n) is 2.44. The molecule has 0 bridgehead atoms. The number of rotatable bonds is 6. The molecule has 0 amide bonds. The molecule has 0 aliphatic carbocycles. The molecular weight excluding hydrogens is 198 g/mol. The van der Waals surface area contributed by atoms with Gasteiger partial charge in [-0.1, -0.05) is 13.3 Å². The first-order chi connectivity index (χ1) is 7.19. The Bertz CT molecular complexity index is 356. The van der Waals surface area contributed by atoms with Crippen LogP contribution in [0.3, 0.4) is 0 Å². The summed E-state index contributed by atoms with van der Waals surface area (Å²) in [5.74, 6) is 0.176. The van der Waals surface area contributed by atoms with Crippen LogP contribution in [0.1, 0.15) is 26.2 Å². The first kappa shape index (κ1) is 11.8. The van der Waals surface area contributed by atoms with Crippen LogP contribution >= 0.6 is 0 Å². The maximum absolute atomic E-state index is 11.2. The van der Waals surface area contributed by atoms with Crippen molar-refractivity contribution < 1.29 is 5.11 Å². The topological polar surface area (TPSA) is 90.9 Å². The van der Waals surface area contributed by atoms with Crippen molar-refractivity contribution in [2.24, 2.45) is 5.92 Å². The number of aliphatic hydroxyl groups excluding tert-OH is 1. The molecule has 0 aromatic carbocycles. The van der Waals surface area contributed by atoms with Crippen LogP contribution in [-0.4, -0.2) is 26.5 Å². The van der Waals surface area contributed by atoms with Gasteiger partial charge in [-0.25, -0.2) is 24.4 Å². The highest BCUT2D eigenvalue weighted by Crippen LogP contribution is 2.11. The average Bonchev–Trinajstić information content (AvgIpc) is 2.50. The number of H-pyrrole nitrogens is 2. The van der Waals surface area contributed by atoms with Gasteiger partial charge in [0.2, 0.25) is 0 Å². The Morgan fingerprint density at radius 2 is 1.87 bits per heavy atom. The van der Waals surface area contributed by atoms with Crippen LogP contribution in [0, 0.1) is 5.92 Å². The lowest BCUT2D eigenvalue weighted by Crippen LogP contribution is -2.30. The number of hydrogen-bond acceptors (Lipinski definition) is 3. The number of aromatic amines is 2. The summed E-state index contributed by atoms with van der Waals surface area (Å²) < 4.78 is 1.13. The summed E-state index contributed by atoms with van der Waals surface area (Å²) in [7, 11) is 0. The average molecular weight is 215 g/mol. The van der Waals surface area contributed by atoms with E-state index in [0.717, 1.165) is 17.4 Å². The maximum atomic E-state index is 11.2. The molecule has 1 unspecified atom stereocenters. The van der Waals surface area contributed by atoms with Gasteiger partial charge in [0.15, 0.2) is 0 Å². The molecule has 0 spiro atoms. The minimum atomic E-state index is -0.418. The normalized spacial score (nSPS) is 12.9. The summed E-state index contributed by atoms with van der Waals surface area (Å²) in [6.07, 6.45) is 2.49. The Hall–Kier alpha value is -1.30. The predicted octanol–water partition coefficient (Wildman–Crippen LogP) is -0.337. The predicted molar refractivity (Wildman–Crippen MR) is 55.8 cm³/mol. The van der Waals surface area contributed by atoms with Gasteiger partial charge in [-0.3, -0.25) is 0 Å². The van der Waals surface area contributed by atoms with Gasteiger partial charge in [0, 0.05) is 13.2 Å². The lowest BCUT2D eigenvalue weighted by atomic mass is 10.0. The molecule has 1 aromatic rings. The van der Waals surface area contributed by atoms with E-state index < -0.39 is 11.4 Å². The molecule has 1 aromatic heterocycles. The number of aromatic nitrogens is 3. The molecule has 15 heavy (non-hydrogen) atoms. The van der Waals surface area contributed by atoms with E-state index >= 15 is 0 Å². The molecule has 1 atom stereocenters. The van der Waals surface area contributed by atoms with Gasteiger partial charge in [-0.2, -0.15) is 0 Å². The second-order valence-corrected chi connectivity index (χ2v) is 3.64. The van der Waals surface area contributed by atoms with Crippen LogP contribution in [0.25, 0.3) is 0 Å². The van der Waals surface area contributed by atoms with Gasteiger partial charge < -0.3 is 5.11 Å². The zero-order valence-electron chi connectivity index (χ0n) is 8.82. The summed E-state index contributed by atoms with van der Waals surface area (Å²) in [6, 6.07) is 0. The Morgan fingerprint density at radius 3 is 2.33 bits per heavy atom. The molecule has 6 heteroatoms. The van der Waals surface area contributed by atoms with Crippen molar-refractivity contribution in [2.75, 3.05) is 6.61 Å². The maximum Gasteiger partial charge on any atom is 0.344 e. The van der Waals surface area contributed by atoms with Gasteiger partial charge in [0.25, 0.3) is 0 Å². The van der Waals surface area contributed by atoms with Gasteiger partial charge in [-0.15, -0.1) is 0 Å². The van der Waals surface area contributed by atoms with Crippen LogP contribution in [0.2, 0.25) is 0 Å². The molecule has 1 rings (SSSR count). The quantitative estimate of drug-likeness (QED) is 0.606. The minimum absolute atomic E-state index is 0.0851. The third kappa shape index (κ3) is 3.09. The van der Waals surface area contributed by atoms with E-state index in [9.17, 15) is 9.59 Å². The van der Waals surface area contributed by atoms with Crippen molar-refractivity contribution in [3.63, 3.8) is 0 Å². The molecule has 0 aliphatic heterocycles. The fourth-order valence-electron chi connectivity index (χ4n) is 1.68. The Kier molecular flexibility index (Phi) is 4.36. The first-order valence-electron chi connectivity index (χ1n) is 5.17. The van der Waals surface area contributed by atoms with Crippen LogP contribution in [-0.2, 0) is 6.54 Å². The Labute approximate surface area is 86.9 Å². The number of nitrogens with one attached hydrogen (secondary N) is 2. The highest BCUT2D eigenvalue weighted by molar-refractivity contribution is 4.69. The lowest BCUT2D eigenvalue weighted by Gasteiger charge is -2.13. The van der Waals surface area contributed by atoms with E-state index in [4.69, 9.17) is 5.11 Å². The summed E-state index contributed by atoms with van der Waals surface area (Å²) in [6.45, 7) is 2.49. The first-order valence-corrected chi connectivity index (χ1v) is 5.17. The zero-order chi connectivity index (χ0) is 11.3. The van der Waals surface area contributed by atoms with Crippen molar-refractivity contribution >= 4 is 0 Å². The van der Waals surface area contributed by atoms with E-state index in [1.54, 1.807) is 0 Å². The standard InChI is InChI=1S/C9H17N3O3/c1-2-3-7(4-5-13)6-12-8(14)10-11-9(12)15/h7,13H,2-6H2,1H3,(H,10,14)(H,11,15). The number of aliphatic hydroxyl groups is 1. The lowest BCUT2D eigenvalue weighted by molar-refractivity contribution is 0.238. The molecule has 1 heterocycles. The second-order valence-electron chi connectivity index (χ2n) is 3.64. The second kappa shape index (κ2) is 5.55. The van der Waals surface area contributed by atoms with Crippen molar-refractivity contribution in [3.8, 4) is 0 Å². The van der Waals surface area contributed by atoms with Crippen molar-refractivity contribution in [1.82, 2.24) is 14.8 Å². The summed E-state index contributed by atoms with van der Waals surface area (Å²) >= 11 is 0. The van der Waals surface area contributed by atoms with Gasteiger partial charge in [0.1, 0.15) is 0 Å². The number of nitrogens with zero attached hydrogens (tertiary/aromatic N) is 1. The molecule has 3 N–H and O–H groups in total. The van der Waals surface area contributed by atoms with Gasteiger partial charge >= 0.3 is 11.4 Å². The molecule has 0 saturated heterocycles. The fourth-order valence-corrected chi connectivity index (χ4v) is 1.68. The van der Waals surface area contributed by atoms with Gasteiger partial charge in [0.05, 0.1) is 0 Å². The molecule has 0 fully saturated rings. The molecule has 0 saturated carbocycles. The van der Waals surface area contributed by atoms with E-state index in [1.807, 2.05) is 6.92 Å². The van der Waals surface area contributed by atoms with E-state index in [1.165, 1.54) is 0 Å². The largest absolute Gasteiger partial charge is 0.396 e. The molecule has 6 nitrogen and oxygen atoms in total. The minimum Gasteiger partial charge on any atom is -0.396 e.